The summed E-state index contributed by atoms with van der Waals surface area (Å²) >= 11 is 0. The Hall–Kier alpha value is -4.84. The van der Waals surface area contributed by atoms with Gasteiger partial charge in [0.05, 0.1) is 11.8 Å². The maximum Gasteiger partial charge on any atom is 0.232 e. The van der Waals surface area contributed by atoms with E-state index in [1.165, 1.54) is 0 Å². The molecule has 0 bridgehead atoms. The van der Waals surface area contributed by atoms with E-state index in [1.54, 1.807) is 48.5 Å². The van der Waals surface area contributed by atoms with Crippen molar-refractivity contribution in [2.24, 2.45) is 11.8 Å². The van der Waals surface area contributed by atoms with E-state index in [2.05, 4.69) is 17.2 Å². The van der Waals surface area contributed by atoms with Gasteiger partial charge in [-0.3, -0.25) is 9.59 Å². The average Bonchev–Trinajstić information content (AvgIpc) is 3.64. The number of rotatable bonds is 10. The number of carbonyl (C=O) groups is 2. The van der Waals surface area contributed by atoms with E-state index in [1.807, 2.05) is 60.7 Å². The summed E-state index contributed by atoms with van der Waals surface area (Å²) in [5.74, 6) is -0.210. The van der Waals surface area contributed by atoms with Crippen molar-refractivity contribution in [1.29, 1.82) is 0 Å². The van der Waals surface area contributed by atoms with Gasteiger partial charge in [0.25, 0.3) is 0 Å². The number of carbonyl (C=O) groups excluding carboxylic acids is 2. The second-order valence-electron chi connectivity index (χ2n) is 9.11. The third-order valence-electron chi connectivity index (χ3n) is 6.33. The van der Waals surface area contributed by atoms with Crippen LogP contribution in [0.25, 0.3) is 0 Å². The predicted octanol–water partition coefficient (Wildman–Crippen LogP) is 6.22. The lowest BCUT2D eigenvalue weighted by atomic mass is 10.2. The summed E-state index contributed by atoms with van der Waals surface area (Å²) in [6.45, 7) is 4.86. The van der Waals surface area contributed by atoms with Gasteiger partial charge in [-0.25, -0.2) is 0 Å². The van der Waals surface area contributed by atoms with Gasteiger partial charge in [-0.2, -0.15) is 0 Å². The molecule has 1 saturated carbocycles. The van der Waals surface area contributed by atoms with Crippen LogP contribution in [0.15, 0.2) is 121 Å². The molecule has 0 aromatic heterocycles. The zero-order chi connectivity index (χ0) is 26.3. The lowest BCUT2D eigenvalue weighted by Crippen LogP contribution is -2.20. The van der Waals surface area contributed by atoms with Crippen LogP contribution >= 0.6 is 0 Å². The van der Waals surface area contributed by atoms with Crippen molar-refractivity contribution in [3.63, 3.8) is 0 Å². The SMILES string of the molecule is C=C1C(C(=O)Nc2ccc(OCc3ccccc3)cc2)[C@H]1C(=O)Nc1ccc(OCc2ccccc2)cc1. The van der Waals surface area contributed by atoms with Crippen LogP contribution in [0.3, 0.4) is 0 Å². The Balaban J connectivity index is 1.09. The number of hydrogen-bond donors (Lipinski definition) is 2. The van der Waals surface area contributed by atoms with Gasteiger partial charge in [-0.1, -0.05) is 72.8 Å². The summed E-state index contributed by atoms with van der Waals surface area (Å²) in [5.41, 5.74) is 4.02. The Morgan fingerprint density at radius 2 is 0.947 bits per heavy atom. The van der Waals surface area contributed by atoms with Crippen molar-refractivity contribution < 1.29 is 19.1 Å². The lowest BCUT2D eigenvalue weighted by Gasteiger charge is -2.09. The molecular formula is C32H28N2O4. The van der Waals surface area contributed by atoms with Crippen molar-refractivity contribution in [3.05, 3.63) is 132 Å². The summed E-state index contributed by atoms with van der Waals surface area (Å²) in [4.78, 5) is 25.6. The maximum absolute atomic E-state index is 12.8. The van der Waals surface area contributed by atoms with E-state index in [0.717, 1.165) is 11.1 Å². The minimum absolute atomic E-state index is 0.252. The molecule has 6 heteroatoms. The van der Waals surface area contributed by atoms with Crippen molar-refractivity contribution in [2.45, 2.75) is 13.2 Å². The topological polar surface area (TPSA) is 76.7 Å². The van der Waals surface area contributed by atoms with Crippen LogP contribution in [-0.4, -0.2) is 11.8 Å². The monoisotopic (exact) mass is 504 g/mol. The molecule has 1 unspecified atom stereocenters. The minimum Gasteiger partial charge on any atom is -0.489 e. The first-order valence-corrected chi connectivity index (χ1v) is 12.4. The molecule has 2 atom stereocenters. The van der Waals surface area contributed by atoms with Crippen LogP contribution in [-0.2, 0) is 22.8 Å². The number of anilines is 2. The van der Waals surface area contributed by atoms with E-state index in [0.29, 0.717) is 41.7 Å². The standard InChI is InChI=1S/C32H28N2O4/c1-22-29(31(35)33-25-12-16-27(17-13-25)37-20-23-8-4-2-5-9-23)30(22)32(36)34-26-14-18-28(19-15-26)38-21-24-10-6-3-7-11-24/h2-19,29-30H,1,20-21H2,(H,33,35)(H,34,36)/t29-,30?/m0/s1. The van der Waals surface area contributed by atoms with Gasteiger partial charge in [0.1, 0.15) is 24.7 Å². The van der Waals surface area contributed by atoms with Gasteiger partial charge in [0.15, 0.2) is 0 Å². The third kappa shape index (κ3) is 6.28. The highest BCUT2D eigenvalue weighted by Crippen LogP contribution is 2.45. The zero-order valence-corrected chi connectivity index (χ0v) is 20.8. The molecule has 0 radical (unpaired) electrons. The highest BCUT2D eigenvalue weighted by atomic mass is 16.5. The van der Waals surface area contributed by atoms with Crippen LogP contribution in [0.2, 0.25) is 0 Å². The van der Waals surface area contributed by atoms with Crippen molar-refractivity contribution in [3.8, 4) is 11.5 Å². The molecule has 1 aliphatic rings. The fourth-order valence-electron chi connectivity index (χ4n) is 4.15. The molecule has 4 aromatic carbocycles. The smallest absolute Gasteiger partial charge is 0.232 e. The molecule has 4 aromatic rings. The number of hydrogen-bond acceptors (Lipinski definition) is 4. The Morgan fingerprint density at radius 1 is 0.579 bits per heavy atom. The first kappa shape index (κ1) is 24.8. The largest absolute Gasteiger partial charge is 0.489 e. The van der Waals surface area contributed by atoms with Crippen molar-refractivity contribution in [1.82, 2.24) is 0 Å². The number of benzene rings is 4. The number of ether oxygens (including phenoxy) is 2. The first-order chi connectivity index (χ1) is 18.6. The van der Waals surface area contributed by atoms with E-state index in [4.69, 9.17) is 9.47 Å². The molecule has 0 aliphatic heterocycles. The average molecular weight is 505 g/mol. The van der Waals surface area contributed by atoms with Crippen molar-refractivity contribution >= 4 is 23.2 Å². The molecule has 38 heavy (non-hydrogen) atoms. The minimum atomic E-state index is -0.558. The molecule has 2 amide bonds. The van der Waals surface area contributed by atoms with Crippen LogP contribution in [0.4, 0.5) is 11.4 Å². The second kappa shape index (κ2) is 11.5. The molecule has 6 nitrogen and oxygen atoms in total. The molecule has 190 valence electrons. The zero-order valence-electron chi connectivity index (χ0n) is 20.8. The van der Waals surface area contributed by atoms with Crippen LogP contribution in [0.1, 0.15) is 11.1 Å². The fourth-order valence-corrected chi connectivity index (χ4v) is 4.15. The molecule has 1 aliphatic carbocycles. The van der Waals surface area contributed by atoms with Gasteiger partial charge in [0.2, 0.25) is 11.8 Å². The molecular weight excluding hydrogens is 476 g/mol. The molecule has 0 heterocycles. The van der Waals surface area contributed by atoms with E-state index >= 15 is 0 Å². The number of nitrogens with one attached hydrogen (secondary N) is 2. The lowest BCUT2D eigenvalue weighted by molar-refractivity contribution is -0.122. The van der Waals surface area contributed by atoms with Gasteiger partial charge < -0.3 is 20.1 Å². The summed E-state index contributed by atoms with van der Waals surface area (Å²) < 4.78 is 11.6. The van der Waals surface area contributed by atoms with Crippen LogP contribution in [0.5, 0.6) is 11.5 Å². The van der Waals surface area contributed by atoms with E-state index in [9.17, 15) is 9.59 Å². The van der Waals surface area contributed by atoms with Gasteiger partial charge in [0, 0.05) is 11.4 Å². The summed E-state index contributed by atoms with van der Waals surface area (Å²) in [5, 5.41) is 5.73. The molecule has 2 N–H and O–H groups in total. The highest BCUT2D eigenvalue weighted by molar-refractivity contribution is 6.08. The summed E-state index contributed by atoms with van der Waals surface area (Å²) in [6, 6.07) is 34.1. The quantitative estimate of drug-likeness (QED) is 0.251. The van der Waals surface area contributed by atoms with Gasteiger partial charge in [-0.05, 0) is 59.7 Å². The Labute approximate surface area is 221 Å². The van der Waals surface area contributed by atoms with Crippen LogP contribution in [0, 0.1) is 11.8 Å². The second-order valence-corrected chi connectivity index (χ2v) is 9.11. The van der Waals surface area contributed by atoms with Gasteiger partial charge in [-0.15, -0.1) is 0 Å². The first-order valence-electron chi connectivity index (χ1n) is 12.4. The molecule has 5 rings (SSSR count). The number of amides is 2. The van der Waals surface area contributed by atoms with E-state index < -0.39 is 11.8 Å². The summed E-state index contributed by atoms with van der Waals surface area (Å²) in [7, 11) is 0. The Morgan fingerprint density at radius 3 is 1.32 bits per heavy atom. The molecule has 0 saturated heterocycles. The Kier molecular flexibility index (Phi) is 7.50. The fraction of sp³-hybridized carbons (Fsp3) is 0.125. The molecule has 0 spiro atoms. The van der Waals surface area contributed by atoms with Gasteiger partial charge >= 0.3 is 0 Å². The predicted molar refractivity (Wildman–Crippen MR) is 148 cm³/mol. The third-order valence-corrected chi connectivity index (χ3v) is 6.33. The highest BCUT2D eigenvalue weighted by Gasteiger charge is 2.52. The normalized spacial score (nSPS) is 15.8. The Bertz CT molecular complexity index is 1290. The van der Waals surface area contributed by atoms with E-state index in [-0.39, 0.29) is 11.8 Å². The van der Waals surface area contributed by atoms with Crippen LogP contribution < -0.4 is 20.1 Å². The van der Waals surface area contributed by atoms with Crippen molar-refractivity contribution in [2.75, 3.05) is 10.6 Å². The molecule has 1 fully saturated rings. The maximum atomic E-state index is 12.8. The summed E-state index contributed by atoms with van der Waals surface area (Å²) in [6.07, 6.45) is 0.